The second-order valence-corrected chi connectivity index (χ2v) is 5.44. The number of hydrogen-bond donors (Lipinski definition) is 3. The third-order valence-electron chi connectivity index (χ3n) is 3.96. The molecular formula is C13H18N2O. The van der Waals surface area contributed by atoms with Gasteiger partial charge in [-0.25, -0.2) is 0 Å². The number of nitrogens with one attached hydrogen (secondary N) is 2. The van der Waals surface area contributed by atoms with Gasteiger partial charge < -0.3 is 15.7 Å². The van der Waals surface area contributed by atoms with E-state index >= 15 is 0 Å². The van der Waals surface area contributed by atoms with E-state index in [9.17, 15) is 5.11 Å². The van der Waals surface area contributed by atoms with Crippen molar-refractivity contribution in [1.29, 1.82) is 0 Å². The van der Waals surface area contributed by atoms with Gasteiger partial charge in [-0.05, 0) is 38.4 Å². The molecule has 3 heteroatoms. The summed E-state index contributed by atoms with van der Waals surface area (Å²) in [4.78, 5) is 0. The van der Waals surface area contributed by atoms with Crippen molar-refractivity contribution in [3.05, 3.63) is 23.8 Å². The molecule has 0 amide bonds. The van der Waals surface area contributed by atoms with Crippen LogP contribution >= 0.6 is 0 Å². The molecule has 3 nitrogen and oxygen atoms in total. The molecule has 0 spiro atoms. The Hall–Kier alpha value is -1.22. The second kappa shape index (κ2) is 3.14. The molecule has 1 fully saturated rings. The lowest BCUT2D eigenvalue weighted by molar-refractivity contribution is 0.256. The summed E-state index contributed by atoms with van der Waals surface area (Å²) >= 11 is 0. The summed E-state index contributed by atoms with van der Waals surface area (Å²) < 4.78 is 0. The van der Waals surface area contributed by atoms with E-state index in [1.165, 1.54) is 12.0 Å². The number of benzene rings is 1. The molecule has 1 aromatic carbocycles. The summed E-state index contributed by atoms with van der Waals surface area (Å²) in [6.07, 6.45) is 1.17. The minimum Gasteiger partial charge on any atom is -0.508 e. The first kappa shape index (κ1) is 9.97. The summed E-state index contributed by atoms with van der Waals surface area (Å²) in [5.41, 5.74) is 2.57. The highest BCUT2D eigenvalue weighted by molar-refractivity contribution is 5.63. The van der Waals surface area contributed by atoms with Crippen molar-refractivity contribution in [3.63, 3.8) is 0 Å². The van der Waals surface area contributed by atoms with E-state index in [0.717, 1.165) is 12.2 Å². The quantitative estimate of drug-likeness (QED) is 0.624. The number of anilines is 1. The molecule has 3 N–H and O–H groups in total. The van der Waals surface area contributed by atoms with E-state index < -0.39 is 0 Å². The Balaban J connectivity index is 2.03. The summed E-state index contributed by atoms with van der Waals surface area (Å²) in [5, 5.41) is 16.6. The second-order valence-electron chi connectivity index (χ2n) is 5.44. The molecular weight excluding hydrogens is 200 g/mol. The summed E-state index contributed by atoms with van der Waals surface area (Å²) in [6.45, 7) is 5.54. The Labute approximate surface area is 95.9 Å². The van der Waals surface area contributed by atoms with Crippen molar-refractivity contribution in [2.45, 2.75) is 37.8 Å². The molecule has 0 saturated carbocycles. The molecule has 2 atom stereocenters. The number of fused-ring (bicyclic) bond motifs is 3. The number of piperidine rings is 1. The Morgan fingerprint density at radius 1 is 1.38 bits per heavy atom. The predicted molar refractivity (Wildman–Crippen MR) is 65.0 cm³/mol. The van der Waals surface area contributed by atoms with E-state index in [4.69, 9.17) is 0 Å². The zero-order chi connectivity index (χ0) is 11.3. The van der Waals surface area contributed by atoms with Gasteiger partial charge in [0, 0.05) is 23.2 Å². The molecule has 86 valence electrons. The molecule has 1 aromatic rings. The van der Waals surface area contributed by atoms with Crippen LogP contribution in [0.25, 0.3) is 0 Å². The van der Waals surface area contributed by atoms with Crippen molar-refractivity contribution < 1.29 is 5.11 Å². The van der Waals surface area contributed by atoms with E-state index in [2.05, 4.69) is 30.5 Å². The molecule has 0 bridgehead atoms. The summed E-state index contributed by atoms with van der Waals surface area (Å²) in [5.74, 6) is 0.919. The first-order valence-electron chi connectivity index (χ1n) is 5.92. The molecule has 2 unspecified atom stereocenters. The van der Waals surface area contributed by atoms with Gasteiger partial charge in [0.25, 0.3) is 0 Å². The molecule has 2 aliphatic heterocycles. The van der Waals surface area contributed by atoms with Crippen LogP contribution in [0.15, 0.2) is 18.2 Å². The Morgan fingerprint density at radius 2 is 2.19 bits per heavy atom. The number of rotatable bonds is 0. The largest absolute Gasteiger partial charge is 0.508 e. The van der Waals surface area contributed by atoms with Gasteiger partial charge in [-0.2, -0.15) is 0 Å². The zero-order valence-electron chi connectivity index (χ0n) is 9.75. The maximum Gasteiger partial charge on any atom is 0.117 e. The fraction of sp³-hybridized carbons (Fsp3) is 0.538. The van der Waals surface area contributed by atoms with Crippen LogP contribution in [0.5, 0.6) is 5.75 Å². The number of phenols is 1. The molecule has 0 radical (unpaired) electrons. The maximum absolute atomic E-state index is 9.50. The lowest BCUT2D eigenvalue weighted by Crippen LogP contribution is -2.57. The van der Waals surface area contributed by atoms with E-state index in [0.29, 0.717) is 17.7 Å². The Morgan fingerprint density at radius 3 is 3.00 bits per heavy atom. The summed E-state index contributed by atoms with van der Waals surface area (Å²) in [6, 6.07) is 6.11. The Bertz CT molecular complexity index is 428. The lowest BCUT2D eigenvalue weighted by atomic mass is 9.78. The minimum absolute atomic E-state index is 0.109. The molecule has 2 aliphatic rings. The minimum atomic E-state index is 0.109. The maximum atomic E-state index is 9.50. The monoisotopic (exact) mass is 218 g/mol. The smallest absolute Gasteiger partial charge is 0.117 e. The van der Waals surface area contributed by atoms with Gasteiger partial charge in [0.05, 0.1) is 6.04 Å². The highest BCUT2D eigenvalue weighted by Gasteiger charge is 2.44. The SMILES string of the molecule is CC1(C)NCCC2c3ccc(O)cc3NC21. The van der Waals surface area contributed by atoms with Crippen LogP contribution in [-0.2, 0) is 0 Å². The van der Waals surface area contributed by atoms with E-state index in [1.54, 1.807) is 6.07 Å². The van der Waals surface area contributed by atoms with Crippen LogP contribution in [0.1, 0.15) is 31.7 Å². The van der Waals surface area contributed by atoms with Gasteiger partial charge in [-0.15, -0.1) is 0 Å². The molecule has 0 aromatic heterocycles. The molecule has 16 heavy (non-hydrogen) atoms. The van der Waals surface area contributed by atoms with Crippen LogP contribution in [0.4, 0.5) is 5.69 Å². The number of aromatic hydroxyl groups is 1. The third-order valence-corrected chi connectivity index (χ3v) is 3.96. The normalized spacial score (nSPS) is 30.4. The molecule has 2 heterocycles. The highest BCUT2D eigenvalue weighted by atomic mass is 16.3. The number of hydrogen-bond acceptors (Lipinski definition) is 3. The Kier molecular flexibility index (Phi) is 1.96. The van der Waals surface area contributed by atoms with Gasteiger partial charge in [0.1, 0.15) is 5.75 Å². The van der Waals surface area contributed by atoms with Gasteiger partial charge in [0.2, 0.25) is 0 Å². The van der Waals surface area contributed by atoms with Crippen LogP contribution in [0, 0.1) is 0 Å². The number of phenolic OH excluding ortho intramolecular Hbond substituents is 1. The molecule has 0 aliphatic carbocycles. The van der Waals surface area contributed by atoms with Crippen LogP contribution in [-0.4, -0.2) is 23.2 Å². The predicted octanol–water partition coefficient (Wildman–Crippen LogP) is 2.04. The standard InChI is InChI=1S/C13H18N2O/c1-13(2)12-10(5-6-14-13)9-4-3-8(16)7-11(9)15-12/h3-4,7,10,12,14-16H,5-6H2,1-2H3. The van der Waals surface area contributed by atoms with Crippen molar-refractivity contribution in [3.8, 4) is 5.75 Å². The lowest BCUT2D eigenvalue weighted by Gasteiger charge is -2.41. The summed E-state index contributed by atoms with van der Waals surface area (Å²) in [7, 11) is 0. The van der Waals surface area contributed by atoms with Gasteiger partial charge in [-0.1, -0.05) is 6.07 Å². The van der Waals surface area contributed by atoms with Crippen LogP contribution < -0.4 is 10.6 Å². The first-order valence-corrected chi connectivity index (χ1v) is 5.92. The van der Waals surface area contributed by atoms with Gasteiger partial charge >= 0.3 is 0 Å². The fourth-order valence-electron chi connectivity index (χ4n) is 3.11. The van der Waals surface area contributed by atoms with Crippen molar-refractivity contribution in [1.82, 2.24) is 5.32 Å². The topological polar surface area (TPSA) is 44.3 Å². The fourth-order valence-corrected chi connectivity index (χ4v) is 3.11. The van der Waals surface area contributed by atoms with E-state index in [-0.39, 0.29) is 5.54 Å². The first-order chi connectivity index (χ1) is 7.58. The van der Waals surface area contributed by atoms with Gasteiger partial charge in [0.15, 0.2) is 0 Å². The van der Waals surface area contributed by atoms with E-state index in [1.807, 2.05) is 6.07 Å². The van der Waals surface area contributed by atoms with Gasteiger partial charge in [-0.3, -0.25) is 0 Å². The van der Waals surface area contributed by atoms with Crippen LogP contribution in [0.3, 0.4) is 0 Å². The third kappa shape index (κ3) is 1.31. The molecule has 1 saturated heterocycles. The van der Waals surface area contributed by atoms with Crippen molar-refractivity contribution in [2.75, 3.05) is 11.9 Å². The van der Waals surface area contributed by atoms with Crippen molar-refractivity contribution in [2.24, 2.45) is 0 Å². The van der Waals surface area contributed by atoms with Crippen molar-refractivity contribution >= 4 is 5.69 Å². The van der Waals surface area contributed by atoms with Crippen LogP contribution in [0.2, 0.25) is 0 Å². The highest BCUT2D eigenvalue weighted by Crippen LogP contribution is 2.44. The average molecular weight is 218 g/mol. The average Bonchev–Trinajstić information content (AvgIpc) is 2.57. The zero-order valence-corrected chi connectivity index (χ0v) is 9.75. The molecule has 3 rings (SSSR count).